The summed E-state index contributed by atoms with van der Waals surface area (Å²) in [6.45, 7) is 6.71. The van der Waals surface area contributed by atoms with Gasteiger partial charge in [0.1, 0.15) is 11.6 Å². The standard InChI is InChI=1S/C12H19F3N4/c1-11(2,3)4-5-17-9-6-8(12(13,14)15)7-10(18-9)19-16/h6-7H,4-5,16H2,1-3H3,(H2,17,18,19). The van der Waals surface area contributed by atoms with Crippen LogP contribution in [0.2, 0.25) is 0 Å². The van der Waals surface area contributed by atoms with Crippen LogP contribution in [-0.2, 0) is 6.18 Å². The molecule has 7 heteroatoms. The number of hydrogen-bond acceptors (Lipinski definition) is 4. The van der Waals surface area contributed by atoms with Gasteiger partial charge in [0.25, 0.3) is 0 Å². The number of nitrogens with two attached hydrogens (primary N) is 1. The van der Waals surface area contributed by atoms with Crippen LogP contribution in [0.5, 0.6) is 0 Å². The molecule has 1 rings (SSSR count). The Labute approximate surface area is 110 Å². The van der Waals surface area contributed by atoms with Gasteiger partial charge in [0.05, 0.1) is 5.56 Å². The van der Waals surface area contributed by atoms with E-state index >= 15 is 0 Å². The first kappa shape index (κ1) is 15.6. The Bertz CT molecular complexity index is 424. The number of pyridine rings is 1. The molecule has 0 radical (unpaired) electrons. The highest BCUT2D eigenvalue weighted by Gasteiger charge is 2.31. The first-order valence-corrected chi connectivity index (χ1v) is 5.91. The van der Waals surface area contributed by atoms with Crippen molar-refractivity contribution in [3.8, 4) is 0 Å². The van der Waals surface area contributed by atoms with E-state index in [1.165, 1.54) is 0 Å². The third-order valence-electron chi connectivity index (χ3n) is 2.48. The highest BCUT2D eigenvalue weighted by atomic mass is 19.4. The van der Waals surface area contributed by atoms with Gasteiger partial charge in [0, 0.05) is 6.54 Å². The van der Waals surface area contributed by atoms with Crippen molar-refractivity contribution in [3.05, 3.63) is 17.7 Å². The van der Waals surface area contributed by atoms with Crippen LogP contribution in [0.25, 0.3) is 0 Å². The van der Waals surface area contributed by atoms with E-state index in [4.69, 9.17) is 5.84 Å². The molecule has 108 valence electrons. The second-order valence-electron chi connectivity index (χ2n) is 5.51. The molecule has 0 atom stereocenters. The normalized spacial score (nSPS) is 12.4. The lowest BCUT2D eigenvalue weighted by Crippen LogP contribution is -2.16. The number of nitrogen functional groups attached to an aromatic ring is 1. The monoisotopic (exact) mass is 276 g/mol. The van der Waals surface area contributed by atoms with Crippen molar-refractivity contribution in [2.75, 3.05) is 17.3 Å². The van der Waals surface area contributed by atoms with Crippen LogP contribution in [0.3, 0.4) is 0 Å². The lowest BCUT2D eigenvalue weighted by molar-refractivity contribution is -0.137. The van der Waals surface area contributed by atoms with E-state index in [-0.39, 0.29) is 17.1 Å². The molecule has 0 aromatic carbocycles. The topological polar surface area (TPSA) is 63.0 Å². The lowest BCUT2D eigenvalue weighted by atomic mass is 9.92. The van der Waals surface area contributed by atoms with Crippen LogP contribution in [0.15, 0.2) is 12.1 Å². The predicted molar refractivity (Wildman–Crippen MR) is 69.6 cm³/mol. The number of rotatable bonds is 4. The highest BCUT2D eigenvalue weighted by Crippen LogP contribution is 2.32. The van der Waals surface area contributed by atoms with Gasteiger partial charge < -0.3 is 10.7 Å². The summed E-state index contributed by atoms with van der Waals surface area (Å²) in [7, 11) is 0. The largest absolute Gasteiger partial charge is 0.416 e. The van der Waals surface area contributed by atoms with Crippen LogP contribution < -0.4 is 16.6 Å². The molecule has 4 nitrogen and oxygen atoms in total. The van der Waals surface area contributed by atoms with Gasteiger partial charge in [-0.3, -0.25) is 0 Å². The fourth-order valence-electron chi connectivity index (χ4n) is 1.42. The molecule has 1 heterocycles. The summed E-state index contributed by atoms with van der Waals surface area (Å²) in [5.41, 5.74) is 1.45. The molecule has 19 heavy (non-hydrogen) atoms. The van der Waals surface area contributed by atoms with Crippen molar-refractivity contribution >= 4 is 11.6 Å². The van der Waals surface area contributed by atoms with Crippen molar-refractivity contribution < 1.29 is 13.2 Å². The molecule has 0 fully saturated rings. The third-order valence-corrected chi connectivity index (χ3v) is 2.48. The highest BCUT2D eigenvalue weighted by molar-refractivity contribution is 5.49. The van der Waals surface area contributed by atoms with Gasteiger partial charge in [-0.1, -0.05) is 20.8 Å². The number of nitrogens with zero attached hydrogens (tertiary/aromatic N) is 1. The molecule has 0 aliphatic heterocycles. The molecular formula is C12H19F3N4. The summed E-state index contributed by atoms with van der Waals surface area (Å²) in [6, 6.07) is 1.85. The molecule has 0 spiro atoms. The smallest absolute Gasteiger partial charge is 0.370 e. The molecule has 1 aromatic heterocycles. The number of anilines is 2. The molecule has 1 aromatic rings. The molecule has 0 aliphatic rings. The van der Waals surface area contributed by atoms with Gasteiger partial charge in [-0.05, 0) is 24.0 Å². The van der Waals surface area contributed by atoms with Crippen LogP contribution >= 0.6 is 0 Å². The first-order valence-electron chi connectivity index (χ1n) is 5.91. The van der Waals surface area contributed by atoms with E-state index in [1.807, 2.05) is 0 Å². The maximum Gasteiger partial charge on any atom is 0.416 e. The van der Waals surface area contributed by atoms with E-state index < -0.39 is 11.7 Å². The Hall–Kier alpha value is -1.50. The Morgan fingerprint density at radius 2 is 1.74 bits per heavy atom. The molecule has 4 N–H and O–H groups in total. The molecule has 0 aliphatic carbocycles. The van der Waals surface area contributed by atoms with Gasteiger partial charge in [-0.25, -0.2) is 10.8 Å². The summed E-state index contributed by atoms with van der Waals surface area (Å²) >= 11 is 0. The minimum Gasteiger partial charge on any atom is -0.370 e. The van der Waals surface area contributed by atoms with Crippen LogP contribution in [0.1, 0.15) is 32.8 Å². The Morgan fingerprint density at radius 3 is 2.21 bits per heavy atom. The molecular weight excluding hydrogens is 257 g/mol. The molecule has 0 saturated heterocycles. The fourth-order valence-corrected chi connectivity index (χ4v) is 1.42. The zero-order valence-corrected chi connectivity index (χ0v) is 11.2. The van der Waals surface area contributed by atoms with Gasteiger partial charge >= 0.3 is 6.18 Å². The van der Waals surface area contributed by atoms with Gasteiger partial charge in [0.2, 0.25) is 0 Å². The second kappa shape index (κ2) is 5.64. The maximum absolute atomic E-state index is 12.7. The lowest BCUT2D eigenvalue weighted by Gasteiger charge is -2.19. The Balaban J connectivity index is 2.83. The summed E-state index contributed by atoms with van der Waals surface area (Å²) in [5, 5.41) is 2.88. The number of nitrogens with one attached hydrogen (secondary N) is 2. The molecule has 0 unspecified atom stereocenters. The maximum atomic E-state index is 12.7. The number of halogens is 3. The first-order chi connectivity index (χ1) is 8.62. The second-order valence-corrected chi connectivity index (χ2v) is 5.51. The number of hydrazine groups is 1. The van der Waals surface area contributed by atoms with Crippen molar-refractivity contribution in [2.45, 2.75) is 33.4 Å². The summed E-state index contributed by atoms with van der Waals surface area (Å²) in [6.07, 6.45) is -3.61. The van der Waals surface area contributed by atoms with Gasteiger partial charge in [0.15, 0.2) is 0 Å². The number of aromatic nitrogens is 1. The van der Waals surface area contributed by atoms with Crippen molar-refractivity contribution in [2.24, 2.45) is 11.3 Å². The van der Waals surface area contributed by atoms with E-state index in [2.05, 4.69) is 36.5 Å². The third kappa shape index (κ3) is 5.34. The van der Waals surface area contributed by atoms with Crippen LogP contribution in [-0.4, -0.2) is 11.5 Å². The average molecular weight is 276 g/mol. The predicted octanol–water partition coefficient (Wildman–Crippen LogP) is 3.23. The summed E-state index contributed by atoms with van der Waals surface area (Å²) < 4.78 is 38.0. The quantitative estimate of drug-likeness (QED) is 0.583. The van der Waals surface area contributed by atoms with Gasteiger partial charge in [-0.15, -0.1) is 0 Å². The SMILES string of the molecule is CC(C)(C)CCNc1cc(C(F)(F)F)cc(NN)n1. The molecule has 0 amide bonds. The zero-order valence-electron chi connectivity index (χ0n) is 11.2. The van der Waals surface area contributed by atoms with E-state index in [0.717, 1.165) is 18.6 Å². The summed E-state index contributed by atoms with van der Waals surface area (Å²) in [4.78, 5) is 3.94. The fraction of sp³-hybridized carbons (Fsp3) is 0.583. The number of hydrogen-bond donors (Lipinski definition) is 3. The van der Waals surface area contributed by atoms with E-state index in [1.54, 1.807) is 0 Å². The van der Waals surface area contributed by atoms with Crippen LogP contribution in [0.4, 0.5) is 24.8 Å². The van der Waals surface area contributed by atoms with E-state index in [9.17, 15) is 13.2 Å². The van der Waals surface area contributed by atoms with E-state index in [0.29, 0.717) is 6.54 Å². The number of alkyl halides is 3. The zero-order chi connectivity index (χ0) is 14.7. The van der Waals surface area contributed by atoms with Crippen LogP contribution in [0, 0.1) is 5.41 Å². The minimum absolute atomic E-state index is 0.0203. The Kier molecular flexibility index (Phi) is 4.62. The average Bonchev–Trinajstić information content (AvgIpc) is 2.25. The van der Waals surface area contributed by atoms with Crippen molar-refractivity contribution in [1.29, 1.82) is 0 Å². The van der Waals surface area contributed by atoms with Crippen molar-refractivity contribution in [1.82, 2.24) is 4.98 Å². The Morgan fingerprint density at radius 1 is 1.16 bits per heavy atom. The summed E-state index contributed by atoms with van der Waals surface area (Å²) in [5.74, 6) is 5.26. The van der Waals surface area contributed by atoms with Crippen molar-refractivity contribution in [3.63, 3.8) is 0 Å². The molecule has 0 bridgehead atoms. The minimum atomic E-state index is -4.42. The molecule has 0 saturated carbocycles. The van der Waals surface area contributed by atoms with Gasteiger partial charge in [-0.2, -0.15) is 13.2 Å².